The Balaban J connectivity index is 2.17. The number of carbonyl (C=O) groups excluding carboxylic acids is 1. The average molecular weight is 429 g/mol. The fourth-order valence-corrected chi connectivity index (χ4v) is 3.67. The fraction of sp³-hybridized carbons (Fsp3) is 0.190. The van der Waals surface area contributed by atoms with Gasteiger partial charge in [-0.25, -0.2) is 4.68 Å². The normalized spacial score (nSPS) is 11.8. The van der Waals surface area contributed by atoms with Crippen LogP contribution in [0.15, 0.2) is 42.7 Å². The smallest absolute Gasteiger partial charge is 0.418 e. The predicted molar refractivity (Wildman–Crippen MR) is 108 cm³/mol. The van der Waals surface area contributed by atoms with Crippen LogP contribution in [0.25, 0.3) is 27.8 Å². The Morgan fingerprint density at radius 1 is 1.19 bits per heavy atom. The Labute approximate surface area is 174 Å². The van der Waals surface area contributed by atoms with E-state index in [2.05, 4.69) is 10.2 Å². The number of benzene rings is 2. The number of alkyl halides is 3. The number of aryl methyl sites for hydroxylation is 2. The van der Waals surface area contributed by atoms with Crippen molar-refractivity contribution in [2.24, 2.45) is 12.8 Å². The van der Waals surface area contributed by atoms with Gasteiger partial charge < -0.3 is 10.5 Å². The first-order chi connectivity index (χ1) is 14.6. The molecule has 0 aliphatic carbocycles. The third kappa shape index (κ3) is 3.29. The van der Waals surface area contributed by atoms with Crippen LogP contribution in [0.4, 0.5) is 13.2 Å². The Kier molecular flexibility index (Phi) is 4.72. The molecule has 0 saturated heterocycles. The van der Waals surface area contributed by atoms with E-state index in [1.165, 1.54) is 36.2 Å². The lowest BCUT2D eigenvalue weighted by molar-refractivity contribution is -0.137. The third-order valence-electron chi connectivity index (χ3n) is 5.00. The molecule has 0 saturated carbocycles. The van der Waals surface area contributed by atoms with Gasteiger partial charge in [-0.15, -0.1) is 0 Å². The molecule has 7 nitrogen and oxygen atoms in total. The zero-order valence-corrected chi connectivity index (χ0v) is 16.9. The lowest BCUT2D eigenvalue weighted by Gasteiger charge is -2.16. The molecule has 0 bridgehead atoms. The molecule has 2 N–H and O–H groups in total. The van der Waals surface area contributed by atoms with Crippen molar-refractivity contribution in [2.45, 2.75) is 13.1 Å². The zero-order valence-electron chi connectivity index (χ0n) is 16.9. The lowest BCUT2D eigenvalue weighted by atomic mass is 10.0. The Hall–Kier alpha value is -3.82. The fourth-order valence-electron chi connectivity index (χ4n) is 3.67. The highest BCUT2D eigenvalue weighted by molar-refractivity contribution is 6.07. The van der Waals surface area contributed by atoms with Crippen LogP contribution >= 0.6 is 0 Å². The van der Waals surface area contributed by atoms with E-state index in [-0.39, 0.29) is 17.0 Å². The van der Waals surface area contributed by atoms with Gasteiger partial charge in [-0.05, 0) is 30.7 Å². The molecule has 4 aromatic rings. The van der Waals surface area contributed by atoms with Gasteiger partial charge >= 0.3 is 6.18 Å². The standard InChI is InChI=1S/C21H18F3N5O2/c1-11-5-4-6-14(21(22,23)24)18(11)29-15-8-7-13(20(25)30)19(31-3)16(15)17(27-29)12-9-26-28(2)10-12/h4-10H,1-3H3,(H2,25,30). The van der Waals surface area contributed by atoms with E-state index >= 15 is 0 Å². The molecule has 31 heavy (non-hydrogen) atoms. The summed E-state index contributed by atoms with van der Waals surface area (Å²) in [5, 5.41) is 9.01. The van der Waals surface area contributed by atoms with Gasteiger partial charge in [0.05, 0.1) is 41.0 Å². The van der Waals surface area contributed by atoms with Gasteiger partial charge in [0.1, 0.15) is 11.4 Å². The number of rotatable bonds is 4. The van der Waals surface area contributed by atoms with Gasteiger partial charge in [0.25, 0.3) is 5.91 Å². The molecule has 160 valence electrons. The SMILES string of the molecule is COc1c(C(N)=O)ccc2c1c(-c1cnn(C)c1)nn2-c1c(C)cccc1C(F)(F)F. The highest BCUT2D eigenvalue weighted by Crippen LogP contribution is 2.41. The first-order valence-corrected chi connectivity index (χ1v) is 9.19. The first-order valence-electron chi connectivity index (χ1n) is 9.19. The predicted octanol–water partition coefficient (Wildman–Crippen LogP) is 3.86. The molecule has 0 radical (unpaired) electrons. The summed E-state index contributed by atoms with van der Waals surface area (Å²) >= 11 is 0. The second kappa shape index (κ2) is 7.15. The molecular weight excluding hydrogens is 411 g/mol. The van der Waals surface area contributed by atoms with Crippen LogP contribution in [0, 0.1) is 6.92 Å². The minimum absolute atomic E-state index is 0.0977. The number of nitrogens with two attached hydrogens (primary N) is 1. The molecule has 1 amide bonds. The van der Waals surface area contributed by atoms with Crippen LogP contribution in [-0.4, -0.2) is 32.6 Å². The van der Waals surface area contributed by atoms with Crippen molar-refractivity contribution < 1.29 is 22.7 Å². The molecule has 4 rings (SSSR count). The number of hydrogen-bond donors (Lipinski definition) is 1. The van der Waals surface area contributed by atoms with Gasteiger partial charge in [-0.3, -0.25) is 9.48 Å². The van der Waals surface area contributed by atoms with E-state index in [1.54, 1.807) is 30.9 Å². The maximum atomic E-state index is 13.8. The van der Waals surface area contributed by atoms with E-state index in [4.69, 9.17) is 10.5 Å². The van der Waals surface area contributed by atoms with Crippen molar-refractivity contribution in [1.82, 2.24) is 19.6 Å². The number of para-hydroxylation sites is 1. The monoisotopic (exact) mass is 429 g/mol. The molecule has 0 aliphatic rings. The van der Waals surface area contributed by atoms with Gasteiger partial charge in [0.15, 0.2) is 0 Å². The number of ether oxygens (including phenoxy) is 1. The van der Waals surface area contributed by atoms with Crippen LogP contribution < -0.4 is 10.5 Å². The Morgan fingerprint density at radius 2 is 1.94 bits per heavy atom. The summed E-state index contributed by atoms with van der Waals surface area (Å²) in [6.07, 6.45) is -1.39. The number of hydrogen-bond acceptors (Lipinski definition) is 4. The summed E-state index contributed by atoms with van der Waals surface area (Å²) < 4.78 is 49.7. The highest BCUT2D eigenvalue weighted by atomic mass is 19.4. The summed E-state index contributed by atoms with van der Waals surface area (Å²) in [4.78, 5) is 11.9. The van der Waals surface area contributed by atoms with Gasteiger partial charge in [-0.2, -0.15) is 23.4 Å². The molecule has 0 spiro atoms. The van der Waals surface area contributed by atoms with Crippen molar-refractivity contribution in [3.05, 3.63) is 59.4 Å². The van der Waals surface area contributed by atoms with Crippen LogP contribution in [0.1, 0.15) is 21.5 Å². The second-order valence-electron chi connectivity index (χ2n) is 7.04. The quantitative estimate of drug-likeness (QED) is 0.534. The van der Waals surface area contributed by atoms with E-state index in [1.807, 2.05) is 0 Å². The average Bonchev–Trinajstić information content (AvgIpc) is 3.29. The molecule has 2 heterocycles. The van der Waals surface area contributed by atoms with E-state index in [0.717, 1.165) is 6.07 Å². The van der Waals surface area contributed by atoms with E-state index < -0.39 is 17.6 Å². The molecule has 0 fully saturated rings. The van der Waals surface area contributed by atoms with Gasteiger partial charge in [0, 0.05) is 18.8 Å². The second-order valence-corrected chi connectivity index (χ2v) is 7.04. The Bertz CT molecular complexity index is 1320. The van der Waals surface area contributed by atoms with E-state index in [0.29, 0.717) is 27.7 Å². The molecular formula is C21H18F3N5O2. The van der Waals surface area contributed by atoms with Gasteiger partial charge in [-0.1, -0.05) is 12.1 Å². The first kappa shape index (κ1) is 20.5. The lowest BCUT2D eigenvalue weighted by Crippen LogP contribution is -2.14. The number of amides is 1. The summed E-state index contributed by atoms with van der Waals surface area (Å²) in [6, 6.07) is 6.87. The summed E-state index contributed by atoms with van der Waals surface area (Å²) in [7, 11) is 3.07. The minimum Gasteiger partial charge on any atom is -0.495 e. The minimum atomic E-state index is -4.59. The molecule has 10 heteroatoms. The van der Waals surface area contributed by atoms with Crippen molar-refractivity contribution in [3.8, 4) is 22.7 Å². The van der Waals surface area contributed by atoms with Crippen LogP contribution in [0.3, 0.4) is 0 Å². The largest absolute Gasteiger partial charge is 0.495 e. The number of aromatic nitrogens is 4. The zero-order chi connectivity index (χ0) is 22.5. The summed E-state index contributed by atoms with van der Waals surface area (Å²) in [5.74, 6) is -0.590. The summed E-state index contributed by atoms with van der Waals surface area (Å²) in [6.45, 7) is 1.58. The maximum Gasteiger partial charge on any atom is 0.418 e. The Morgan fingerprint density at radius 3 is 2.52 bits per heavy atom. The molecule has 0 unspecified atom stereocenters. The molecule has 2 aromatic carbocycles. The maximum absolute atomic E-state index is 13.8. The number of halogens is 3. The molecule has 2 aromatic heterocycles. The molecule has 0 atom stereocenters. The highest BCUT2D eigenvalue weighted by Gasteiger charge is 2.36. The topological polar surface area (TPSA) is 88.0 Å². The number of methoxy groups -OCH3 is 1. The number of fused-ring (bicyclic) bond motifs is 1. The number of carbonyl (C=O) groups is 1. The molecule has 0 aliphatic heterocycles. The van der Waals surface area contributed by atoms with Crippen molar-refractivity contribution in [2.75, 3.05) is 7.11 Å². The van der Waals surface area contributed by atoms with Crippen molar-refractivity contribution in [3.63, 3.8) is 0 Å². The van der Waals surface area contributed by atoms with Crippen LogP contribution in [-0.2, 0) is 13.2 Å². The van der Waals surface area contributed by atoms with Crippen LogP contribution in [0.5, 0.6) is 5.75 Å². The van der Waals surface area contributed by atoms with Crippen molar-refractivity contribution in [1.29, 1.82) is 0 Å². The van der Waals surface area contributed by atoms with E-state index in [9.17, 15) is 18.0 Å². The van der Waals surface area contributed by atoms with Gasteiger partial charge in [0.2, 0.25) is 0 Å². The van der Waals surface area contributed by atoms with Crippen LogP contribution in [0.2, 0.25) is 0 Å². The summed E-state index contributed by atoms with van der Waals surface area (Å²) in [5.41, 5.74) is 6.24. The number of nitrogens with zero attached hydrogens (tertiary/aromatic N) is 4. The van der Waals surface area contributed by atoms with Crippen molar-refractivity contribution >= 4 is 16.8 Å². The third-order valence-corrected chi connectivity index (χ3v) is 5.00. The number of primary amides is 1.